The van der Waals surface area contributed by atoms with E-state index in [9.17, 15) is 4.79 Å². The van der Waals surface area contributed by atoms with Crippen LogP contribution in [0.15, 0.2) is 0 Å². The molecule has 1 aliphatic rings. The van der Waals surface area contributed by atoms with Crippen LogP contribution in [0.2, 0.25) is 0 Å². The molecule has 1 heterocycles. The van der Waals surface area contributed by atoms with Gasteiger partial charge in [-0.15, -0.1) is 0 Å². The van der Waals surface area contributed by atoms with Crippen LogP contribution in [0.5, 0.6) is 0 Å². The van der Waals surface area contributed by atoms with E-state index < -0.39 is 23.1 Å². The van der Waals surface area contributed by atoms with Crippen molar-refractivity contribution < 1.29 is 24.0 Å². The number of carbonyl (C=O) groups is 1. The zero-order chi connectivity index (χ0) is 16.9. The maximum Gasteiger partial charge on any atom is 0.509 e. The van der Waals surface area contributed by atoms with Crippen LogP contribution in [0, 0.1) is 0 Å². The highest BCUT2D eigenvalue weighted by molar-refractivity contribution is 5.61. The highest BCUT2D eigenvalue weighted by Gasteiger charge is 2.65. The van der Waals surface area contributed by atoms with Crippen LogP contribution in [-0.2, 0) is 19.2 Å². The van der Waals surface area contributed by atoms with E-state index in [1.807, 2.05) is 27.7 Å². The van der Waals surface area contributed by atoms with Gasteiger partial charge in [0.25, 0.3) is 5.79 Å². The molecule has 5 nitrogen and oxygen atoms in total. The Morgan fingerprint density at radius 1 is 0.955 bits per heavy atom. The molecule has 0 spiro atoms. The normalized spacial score (nSPS) is 19.4. The van der Waals surface area contributed by atoms with Gasteiger partial charge < -0.3 is 9.47 Å². The van der Waals surface area contributed by atoms with Crippen LogP contribution in [0.3, 0.4) is 0 Å². The third-order valence-electron chi connectivity index (χ3n) is 3.91. The Kier molecular flexibility index (Phi) is 6.68. The number of ether oxygens (including phenoxy) is 2. The molecule has 22 heavy (non-hydrogen) atoms. The molecule has 1 fully saturated rings. The molecule has 1 aliphatic heterocycles. The van der Waals surface area contributed by atoms with Gasteiger partial charge in [-0.05, 0) is 47.0 Å². The maximum absolute atomic E-state index is 12.1. The Bertz CT molecular complexity index is 357. The van der Waals surface area contributed by atoms with Gasteiger partial charge in [0.15, 0.2) is 5.60 Å². The number of carbonyl (C=O) groups excluding carboxylic acids is 1. The SMILES string of the molecule is CCCCCC1(C(C)(CCCC)OC(=O)OC(C)(C)C)OO1. The molecule has 0 aromatic heterocycles. The van der Waals surface area contributed by atoms with Crippen molar-refractivity contribution in [3.8, 4) is 0 Å². The minimum absolute atomic E-state index is 0.580. The van der Waals surface area contributed by atoms with Crippen molar-refractivity contribution in [3.05, 3.63) is 0 Å². The van der Waals surface area contributed by atoms with Gasteiger partial charge in [-0.1, -0.05) is 33.1 Å². The van der Waals surface area contributed by atoms with Crippen LogP contribution >= 0.6 is 0 Å². The van der Waals surface area contributed by atoms with Gasteiger partial charge in [-0.25, -0.2) is 4.79 Å². The first-order chi connectivity index (χ1) is 10.2. The lowest BCUT2D eigenvalue weighted by Crippen LogP contribution is -2.47. The first-order valence-corrected chi connectivity index (χ1v) is 8.47. The molecule has 1 atom stereocenters. The molecule has 0 radical (unpaired) electrons. The van der Waals surface area contributed by atoms with Crippen molar-refractivity contribution in [2.45, 2.75) is 103 Å². The first-order valence-electron chi connectivity index (χ1n) is 8.47. The molecule has 0 aromatic carbocycles. The fourth-order valence-corrected chi connectivity index (χ4v) is 2.47. The van der Waals surface area contributed by atoms with E-state index in [4.69, 9.17) is 19.2 Å². The smallest absolute Gasteiger partial charge is 0.429 e. The number of unbranched alkanes of at least 4 members (excludes halogenated alkanes) is 3. The van der Waals surface area contributed by atoms with E-state index >= 15 is 0 Å². The highest BCUT2D eigenvalue weighted by Crippen LogP contribution is 2.49. The third kappa shape index (κ3) is 5.43. The highest BCUT2D eigenvalue weighted by atomic mass is 17.4. The number of rotatable bonds is 9. The lowest BCUT2D eigenvalue weighted by molar-refractivity contribution is -0.101. The zero-order valence-corrected chi connectivity index (χ0v) is 15.0. The number of hydrogen-bond donors (Lipinski definition) is 0. The first kappa shape index (κ1) is 19.2. The summed E-state index contributed by atoms with van der Waals surface area (Å²) in [7, 11) is 0. The summed E-state index contributed by atoms with van der Waals surface area (Å²) in [5, 5.41) is 0. The molecule has 1 rings (SSSR count). The molecule has 1 unspecified atom stereocenters. The van der Waals surface area contributed by atoms with Crippen molar-refractivity contribution in [2.24, 2.45) is 0 Å². The minimum atomic E-state index is -0.820. The predicted octanol–water partition coefficient (Wildman–Crippen LogP) is 5.13. The fourth-order valence-electron chi connectivity index (χ4n) is 2.47. The van der Waals surface area contributed by atoms with Gasteiger partial charge in [-0.3, -0.25) is 0 Å². The molecule has 1 saturated heterocycles. The number of hydrogen-bond acceptors (Lipinski definition) is 5. The minimum Gasteiger partial charge on any atom is -0.429 e. The largest absolute Gasteiger partial charge is 0.509 e. The average Bonchev–Trinajstić information content (AvgIpc) is 3.16. The molecule has 0 aromatic rings. The lowest BCUT2D eigenvalue weighted by atomic mass is 9.86. The summed E-state index contributed by atoms with van der Waals surface area (Å²) in [6.45, 7) is 11.6. The Balaban J connectivity index is 2.74. The van der Waals surface area contributed by atoms with E-state index in [1.165, 1.54) is 0 Å². The topological polar surface area (TPSA) is 60.6 Å². The van der Waals surface area contributed by atoms with Gasteiger partial charge in [0.1, 0.15) is 5.60 Å². The van der Waals surface area contributed by atoms with Crippen molar-refractivity contribution in [1.82, 2.24) is 0 Å². The Labute approximate surface area is 134 Å². The molecule has 0 saturated carbocycles. The Hall–Kier alpha value is -0.810. The second-order valence-corrected chi connectivity index (χ2v) is 7.28. The molecule has 5 heteroatoms. The Morgan fingerprint density at radius 2 is 1.55 bits per heavy atom. The van der Waals surface area contributed by atoms with Gasteiger partial charge >= 0.3 is 6.16 Å². The van der Waals surface area contributed by atoms with E-state index in [2.05, 4.69) is 13.8 Å². The fraction of sp³-hybridized carbons (Fsp3) is 0.941. The van der Waals surface area contributed by atoms with Gasteiger partial charge in [0.05, 0.1) is 0 Å². The molecular weight excluding hydrogens is 284 g/mol. The standard InChI is InChI=1S/C17H32O5/c1-7-9-11-13-17(21-22-17)16(6,12-10-8-2)20-14(18)19-15(3,4)5/h7-13H2,1-6H3. The lowest BCUT2D eigenvalue weighted by Gasteiger charge is -2.33. The molecular formula is C17H32O5. The molecule has 0 amide bonds. The predicted molar refractivity (Wildman–Crippen MR) is 84.3 cm³/mol. The van der Waals surface area contributed by atoms with Crippen LogP contribution in [0.25, 0.3) is 0 Å². The van der Waals surface area contributed by atoms with Crippen molar-refractivity contribution in [3.63, 3.8) is 0 Å². The van der Waals surface area contributed by atoms with E-state index in [-0.39, 0.29) is 0 Å². The van der Waals surface area contributed by atoms with Crippen LogP contribution in [0.1, 0.15) is 86.5 Å². The second kappa shape index (κ2) is 7.64. The van der Waals surface area contributed by atoms with Crippen LogP contribution < -0.4 is 0 Å². The second-order valence-electron chi connectivity index (χ2n) is 7.28. The van der Waals surface area contributed by atoms with E-state index in [0.29, 0.717) is 6.42 Å². The molecule has 0 bridgehead atoms. The van der Waals surface area contributed by atoms with Gasteiger partial charge in [-0.2, -0.15) is 9.78 Å². The average molecular weight is 316 g/mol. The summed E-state index contributed by atoms with van der Waals surface area (Å²) in [5.74, 6) is -0.811. The summed E-state index contributed by atoms with van der Waals surface area (Å²) in [6, 6.07) is 0. The zero-order valence-electron chi connectivity index (χ0n) is 15.0. The molecule has 0 N–H and O–H groups in total. The van der Waals surface area contributed by atoms with Crippen molar-refractivity contribution in [2.75, 3.05) is 0 Å². The van der Waals surface area contributed by atoms with Crippen LogP contribution in [0.4, 0.5) is 4.79 Å². The third-order valence-corrected chi connectivity index (χ3v) is 3.91. The summed E-state index contributed by atoms with van der Waals surface area (Å²) in [6.07, 6.45) is 5.90. The quantitative estimate of drug-likeness (QED) is 0.255. The van der Waals surface area contributed by atoms with Gasteiger partial charge in [0.2, 0.25) is 0 Å². The Morgan fingerprint density at radius 3 is 2.00 bits per heavy atom. The summed E-state index contributed by atoms with van der Waals surface area (Å²) < 4.78 is 11.0. The summed E-state index contributed by atoms with van der Waals surface area (Å²) >= 11 is 0. The van der Waals surface area contributed by atoms with Crippen molar-refractivity contribution in [1.29, 1.82) is 0 Å². The van der Waals surface area contributed by atoms with E-state index in [1.54, 1.807) is 0 Å². The van der Waals surface area contributed by atoms with E-state index in [0.717, 1.165) is 38.5 Å². The summed E-state index contributed by atoms with van der Waals surface area (Å²) in [4.78, 5) is 22.7. The monoisotopic (exact) mass is 316 g/mol. The van der Waals surface area contributed by atoms with Gasteiger partial charge in [0, 0.05) is 6.42 Å². The molecule has 130 valence electrons. The van der Waals surface area contributed by atoms with Crippen molar-refractivity contribution >= 4 is 6.16 Å². The molecule has 0 aliphatic carbocycles. The van der Waals surface area contributed by atoms with Crippen LogP contribution in [-0.4, -0.2) is 23.1 Å². The maximum atomic E-state index is 12.1. The summed E-state index contributed by atoms with van der Waals surface area (Å²) in [5.41, 5.74) is -1.40.